The Kier molecular flexibility index (Phi) is 3.69. The first-order valence-corrected chi connectivity index (χ1v) is 8.28. The Balaban J connectivity index is 1.93. The summed E-state index contributed by atoms with van der Waals surface area (Å²) < 4.78 is 0. The Morgan fingerprint density at radius 1 is 1.04 bits per heavy atom. The molecule has 4 N–H and O–H groups in total. The van der Waals surface area contributed by atoms with Crippen molar-refractivity contribution in [1.29, 1.82) is 10.5 Å². The summed E-state index contributed by atoms with van der Waals surface area (Å²) in [5, 5.41) is 19.9. The van der Waals surface area contributed by atoms with Gasteiger partial charge in [-0.05, 0) is 12.1 Å². The van der Waals surface area contributed by atoms with Gasteiger partial charge in [0.15, 0.2) is 5.78 Å². The summed E-state index contributed by atoms with van der Waals surface area (Å²) in [6.45, 7) is 0. The maximum atomic E-state index is 13.0. The van der Waals surface area contributed by atoms with E-state index >= 15 is 0 Å². The number of carbonyl (C=O) groups excluding carboxylic acids is 1. The number of benzene rings is 2. The molecule has 0 bridgehead atoms. The molecule has 1 heterocycles. The van der Waals surface area contributed by atoms with Crippen LogP contribution in [0.25, 0.3) is 5.70 Å². The summed E-state index contributed by atoms with van der Waals surface area (Å²) >= 11 is 0. The Morgan fingerprint density at radius 2 is 1.64 bits per heavy atom. The van der Waals surface area contributed by atoms with Gasteiger partial charge in [-0.15, -0.1) is 0 Å². The topological polar surface area (TPSA) is 145 Å². The highest BCUT2D eigenvalue weighted by Gasteiger charge is 2.54. The number of aliphatic imine (C=N–C) groups is 2. The molecule has 4 rings (SSSR count). The molecular formula is C20H13N7O. The Bertz CT molecular complexity index is 1170. The zero-order chi connectivity index (χ0) is 19.9. The molecule has 0 atom stereocenters. The number of hydrogen-bond acceptors (Lipinski definition) is 6. The lowest BCUT2D eigenvalue weighted by Gasteiger charge is -2.36. The third kappa shape index (κ3) is 2.19. The van der Waals surface area contributed by atoms with E-state index in [0.717, 1.165) is 4.90 Å². The molecule has 134 valence electrons. The summed E-state index contributed by atoms with van der Waals surface area (Å²) in [7, 11) is 0. The Morgan fingerprint density at radius 3 is 2.29 bits per heavy atom. The van der Waals surface area contributed by atoms with Gasteiger partial charge in [-0.2, -0.15) is 10.5 Å². The van der Waals surface area contributed by atoms with E-state index in [-0.39, 0.29) is 23.2 Å². The van der Waals surface area contributed by atoms with Crippen LogP contribution in [0.5, 0.6) is 0 Å². The van der Waals surface area contributed by atoms with Crippen LogP contribution in [0.4, 0.5) is 5.69 Å². The zero-order valence-corrected chi connectivity index (χ0v) is 14.5. The van der Waals surface area contributed by atoms with Crippen LogP contribution in [0.1, 0.15) is 15.9 Å². The summed E-state index contributed by atoms with van der Waals surface area (Å²) in [6.07, 6.45) is 0. The van der Waals surface area contributed by atoms with Crippen molar-refractivity contribution in [2.45, 2.75) is 5.54 Å². The van der Waals surface area contributed by atoms with E-state index in [0.29, 0.717) is 16.8 Å². The fourth-order valence-electron chi connectivity index (χ4n) is 3.38. The van der Waals surface area contributed by atoms with E-state index in [2.05, 4.69) is 9.98 Å². The molecule has 28 heavy (non-hydrogen) atoms. The van der Waals surface area contributed by atoms with E-state index in [1.165, 1.54) is 0 Å². The van der Waals surface area contributed by atoms with Crippen LogP contribution in [0.15, 0.2) is 70.2 Å². The predicted molar refractivity (Wildman–Crippen MR) is 103 cm³/mol. The standard InChI is InChI=1S/C20H13N7O/c21-10-20(11-22)15-16(13-8-4-5-9-14(13)17(15)28)26-19(24)27(20)18(23)25-12-6-2-1-3-7-12/h1-9H,(H2,23,25)(H2,24,26). The Labute approximate surface area is 160 Å². The first-order valence-electron chi connectivity index (χ1n) is 8.28. The van der Waals surface area contributed by atoms with Crippen molar-refractivity contribution in [3.05, 3.63) is 71.3 Å². The van der Waals surface area contributed by atoms with Crippen LogP contribution in [-0.2, 0) is 0 Å². The SMILES string of the molecule is N#CC1(C#N)C2=C(N=C(N)N1C(N)=Nc1ccccc1)c1ccccc1C2=O. The van der Waals surface area contributed by atoms with Gasteiger partial charge in [-0.25, -0.2) is 14.9 Å². The minimum Gasteiger partial charge on any atom is -0.369 e. The van der Waals surface area contributed by atoms with Crippen molar-refractivity contribution in [2.24, 2.45) is 21.5 Å². The average Bonchev–Trinajstić information content (AvgIpc) is 3.00. The van der Waals surface area contributed by atoms with Gasteiger partial charge >= 0.3 is 0 Å². The lowest BCUT2D eigenvalue weighted by atomic mass is 9.86. The predicted octanol–water partition coefficient (Wildman–Crippen LogP) is 1.66. The summed E-state index contributed by atoms with van der Waals surface area (Å²) in [5.41, 5.74) is 11.6. The molecule has 0 aromatic heterocycles. The number of fused-ring (bicyclic) bond motifs is 2. The molecule has 8 nitrogen and oxygen atoms in total. The van der Waals surface area contributed by atoms with Crippen LogP contribution in [-0.4, -0.2) is 28.1 Å². The van der Waals surface area contributed by atoms with Crippen LogP contribution >= 0.6 is 0 Å². The molecule has 2 aromatic rings. The van der Waals surface area contributed by atoms with E-state index in [1.807, 2.05) is 18.2 Å². The highest BCUT2D eigenvalue weighted by atomic mass is 16.1. The highest BCUT2D eigenvalue weighted by Crippen LogP contribution is 2.43. The second-order valence-corrected chi connectivity index (χ2v) is 6.14. The number of guanidine groups is 2. The summed E-state index contributed by atoms with van der Waals surface area (Å²) in [6, 6.07) is 19.3. The molecule has 1 aliphatic carbocycles. The zero-order valence-electron chi connectivity index (χ0n) is 14.5. The fourth-order valence-corrected chi connectivity index (χ4v) is 3.38. The number of para-hydroxylation sites is 1. The monoisotopic (exact) mass is 367 g/mol. The number of nitriles is 2. The molecule has 0 amide bonds. The van der Waals surface area contributed by atoms with Crippen molar-refractivity contribution in [3.63, 3.8) is 0 Å². The number of carbonyl (C=O) groups is 1. The molecule has 0 radical (unpaired) electrons. The smallest absolute Gasteiger partial charge is 0.255 e. The van der Waals surface area contributed by atoms with E-state index in [1.54, 1.807) is 48.5 Å². The number of Topliss-reactive ketones (excluding diaryl/α,β-unsaturated/α-hetero) is 1. The minimum atomic E-state index is -2.08. The van der Waals surface area contributed by atoms with Gasteiger partial charge in [0.25, 0.3) is 5.54 Å². The number of nitrogens with two attached hydrogens (primary N) is 2. The largest absolute Gasteiger partial charge is 0.369 e. The van der Waals surface area contributed by atoms with Crippen molar-refractivity contribution in [1.82, 2.24) is 4.90 Å². The molecule has 0 saturated heterocycles. The molecule has 0 unspecified atom stereocenters. The van der Waals surface area contributed by atoms with Gasteiger partial charge in [-0.1, -0.05) is 42.5 Å². The van der Waals surface area contributed by atoms with E-state index in [4.69, 9.17) is 11.5 Å². The van der Waals surface area contributed by atoms with Gasteiger partial charge < -0.3 is 11.5 Å². The lowest BCUT2D eigenvalue weighted by molar-refractivity contribution is 0.102. The van der Waals surface area contributed by atoms with Crippen molar-refractivity contribution in [3.8, 4) is 12.1 Å². The van der Waals surface area contributed by atoms with Crippen LogP contribution in [0.2, 0.25) is 0 Å². The molecule has 1 aliphatic heterocycles. The second kappa shape index (κ2) is 6.08. The van der Waals surface area contributed by atoms with Crippen molar-refractivity contribution in [2.75, 3.05) is 0 Å². The third-order valence-corrected chi connectivity index (χ3v) is 4.60. The highest BCUT2D eigenvalue weighted by molar-refractivity contribution is 6.25. The first-order chi connectivity index (χ1) is 13.5. The van der Waals surface area contributed by atoms with Gasteiger partial charge in [0.1, 0.15) is 12.1 Å². The van der Waals surface area contributed by atoms with Crippen LogP contribution < -0.4 is 11.5 Å². The van der Waals surface area contributed by atoms with Gasteiger partial charge in [-0.3, -0.25) is 4.79 Å². The molecule has 0 fully saturated rings. The number of rotatable bonds is 1. The minimum absolute atomic E-state index is 0.0703. The van der Waals surface area contributed by atoms with Crippen molar-refractivity contribution < 1.29 is 4.79 Å². The molecule has 8 heteroatoms. The maximum Gasteiger partial charge on any atom is 0.255 e. The summed E-state index contributed by atoms with van der Waals surface area (Å²) in [5.74, 6) is -0.864. The van der Waals surface area contributed by atoms with Gasteiger partial charge in [0, 0.05) is 11.1 Å². The molecular weight excluding hydrogens is 354 g/mol. The van der Waals surface area contributed by atoms with Gasteiger partial charge in [0.05, 0.1) is 17.0 Å². The molecule has 0 saturated carbocycles. The average molecular weight is 367 g/mol. The fraction of sp³-hybridized carbons (Fsp3) is 0.0500. The van der Waals surface area contributed by atoms with Crippen LogP contribution in [0.3, 0.4) is 0 Å². The summed E-state index contributed by atoms with van der Waals surface area (Å²) in [4.78, 5) is 22.5. The second-order valence-electron chi connectivity index (χ2n) is 6.14. The number of hydrogen-bond donors (Lipinski definition) is 2. The molecule has 2 aliphatic rings. The number of nitrogens with zero attached hydrogens (tertiary/aromatic N) is 5. The quantitative estimate of drug-likeness (QED) is 0.579. The lowest BCUT2D eigenvalue weighted by Crippen LogP contribution is -2.61. The van der Waals surface area contributed by atoms with E-state index < -0.39 is 11.3 Å². The van der Waals surface area contributed by atoms with Crippen LogP contribution in [0, 0.1) is 22.7 Å². The molecule has 2 aromatic carbocycles. The molecule has 0 spiro atoms. The van der Waals surface area contributed by atoms with Gasteiger partial charge in [0.2, 0.25) is 11.9 Å². The van der Waals surface area contributed by atoms with E-state index in [9.17, 15) is 15.3 Å². The normalized spacial score (nSPS) is 17.4. The first kappa shape index (κ1) is 17.0. The Hall–Kier alpha value is -4.43. The third-order valence-electron chi connectivity index (χ3n) is 4.60. The maximum absolute atomic E-state index is 13.0. The van der Waals surface area contributed by atoms with Crippen molar-refractivity contribution >= 4 is 29.1 Å². The number of ketones is 1.